The second-order valence-corrected chi connectivity index (χ2v) is 10.5. The second-order valence-electron chi connectivity index (χ2n) is 9.66. The number of carbonyl (C=O) groups is 2. The Kier molecular flexibility index (Phi) is 15.9. The van der Waals surface area contributed by atoms with Gasteiger partial charge in [-0.3, -0.25) is 4.90 Å². The maximum Gasteiger partial charge on any atom is 0.410 e. The molecule has 2 aliphatic heterocycles. The Hall–Kier alpha value is -1.14. The van der Waals surface area contributed by atoms with E-state index in [9.17, 15) is 9.59 Å². The largest absolute Gasteiger partial charge is 0.444 e. The van der Waals surface area contributed by atoms with Crippen LogP contribution in [0.2, 0.25) is 0 Å². The van der Waals surface area contributed by atoms with Crippen LogP contribution in [-0.4, -0.2) is 126 Å². The van der Waals surface area contributed by atoms with Crippen LogP contribution < -0.4 is 5.32 Å². The molecule has 2 heterocycles. The number of nitrogens with one attached hydrogen (secondary N) is 1. The Labute approximate surface area is 207 Å². The summed E-state index contributed by atoms with van der Waals surface area (Å²) in [5.41, 5.74) is -0.818. The highest BCUT2D eigenvalue weighted by Crippen LogP contribution is 2.12. The molecule has 0 aliphatic carbocycles. The molecule has 10 nitrogen and oxygen atoms in total. The van der Waals surface area contributed by atoms with Gasteiger partial charge in [0.1, 0.15) is 11.2 Å². The summed E-state index contributed by atoms with van der Waals surface area (Å²) in [6.07, 6.45) is -0.440. The first-order valence-electron chi connectivity index (χ1n) is 11.5. The van der Waals surface area contributed by atoms with Crippen molar-refractivity contribution >= 4 is 28.1 Å². The topological polar surface area (TPSA) is 115 Å². The fourth-order valence-corrected chi connectivity index (χ4v) is 2.80. The zero-order valence-corrected chi connectivity index (χ0v) is 22.8. The van der Waals surface area contributed by atoms with Crippen LogP contribution in [-0.2, 0) is 9.47 Å². The van der Waals surface area contributed by atoms with Gasteiger partial charge in [-0.2, -0.15) is 0 Å². The van der Waals surface area contributed by atoms with Crippen molar-refractivity contribution in [3.05, 3.63) is 0 Å². The van der Waals surface area contributed by atoms with Gasteiger partial charge >= 0.3 is 12.2 Å². The lowest BCUT2D eigenvalue weighted by Gasteiger charge is -2.35. The summed E-state index contributed by atoms with van der Waals surface area (Å²) in [4.78, 5) is 28.8. The summed E-state index contributed by atoms with van der Waals surface area (Å²) >= 11 is 3.00. The standard InChI is InChI=1S/C11H22N2O3.C9H18N2O2.C2H5BrO/c1-11(2,3)16-10(15)13-6-4-12(5-7-13)8-9-14;1-9(2,3)13-8(12)11-6-4-10-5-7-11;3-1-2-4/h14H,4-9H2,1-3H3;10H,4-7H2,1-3H3;4H,1-2H2. The predicted molar refractivity (Wildman–Crippen MR) is 133 cm³/mol. The van der Waals surface area contributed by atoms with E-state index in [1.807, 2.05) is 41.5 Å². The van der Waals surface area contributed by atoms with E-state index in [0.29, 0.717) is 25.0 Å². The van der Waals surface area contributed by atoms with Crippen molar-refractivity contribution in [2.75, 3.05) is 77.4 Å². The maximum absolute atomic E-state index is 11.7. The minimum Gasteiger partial charge on any atom is -0.444 e. The van der Waals surface area contributed by atoms with Crippen LogP contribution in [0.15, 0.2) is 0 Å². The van der Waals surface area contributed by atoms with E-state index >= 15 is 0 Å². The van der Waals surface area contributed by atoms with Gasteiger partial charge in [-0.1, -0.05) is 15.9 Å². The number of carbonyl (C=O) groups excluding carboxylic acids is 2. The average molecular weight is 542 g/mol. The van der Waals surface area contributed by atoms with E-state index in [0.717, 1.165) is 39.3 Å². The first-order valence-corrected chi connectivity index (χ1v) is 12.6. The Morgan fingerprint density at radius 3 is 1.52 bits per heavy atom. The number of aliphatic hydroxyl groups excluding tert-OH is 2. The van der Waals surface area contributed by atoms with Crippen LogP contribution in [0.5, 0.6) is 0 Å². The molecular weight excluding hydrogens is 496 g/mol. The summed E-state index contributed by atoms with van der Waals surface area (Å²) in [7, 11) is 0. The highest BCUT2D eigenvalue weighted by molar-refractivity contribution is 9.09. The lowest BCUT2D eigenvalue weighted by atomic mass is 10.2. The van der Waals surface area contributed by atoms with E-state index < -0.39 is 5.60 Å². The fourth-order valence-electron chi connectivity index (χ4n) is 2.80. The van der Waals surface area contributed by atoms with Gasteiger partial charge in [-0.15, -0.1) is 0 Å². The third-order valence-corrected chi connectivity index (χ3v) is 4.65. The third kappa shape index (κ3) is 17.0. The van der Waals surface area contributed by atoms with E-state index in [2.05, 4.69) is 26.1 Å². The van der Waals surface area contributed by atoms with Crippen LogP contribution in [0.25, 0.3) is 0 Å². The van der Waals surface area contributed by atoms with Gasteiger partial charge in [-0.25, -0.2) is 9.59 Å². The second kappa shape index (κ2) is 16.5. The molecule has 0 bridgehead atoms. The highest BCUT2D eigenvalue weighted by Gasteiger charge is 2.25. The number of nitrogens with zero attached hydrogens (tertiary/aromatic N) is 3. The van der Waals surface area contributed by atoms with E-state index in [-0.39, 0.29) is 31.0 Å². The third-order valence-electron chi connectivity index (χ3n) is 4.29. The molecular formula is C22H45BrN4O6. The van der Waals surface area contributed by atoms with Crippen molar-refractivity contribution in [2.45, 2.75) is 52.7 Å². The Balaban J connectivity index is 0.000000542. The summed E-state index contributed by atoms with van der Waals surface area (Å²) in [5, 5.41) is 20.5. The molecule has 0 unspecified atom stereocenters. The van der Waals surface area contributed by atoms with Crippen LogP contribution in [0, 0.1) is 0 Å². The molecule has 2 rings (SSSR count). The van der Waals surface area contributed by atoms with Gasteiger partial charge in [0, 0.05) is 64.2 Å². The first kappa shape index (κ1) is 31.9. The molecule has 11 heteroatoms. The van der Waals surface area contributed by atoms with Crippen molar-refractivity contribution in [1.29, 1.82) is 0 Å². The molecule has 2 amide bonds. The molecule has 0 aromatic heterocycles. The number of rotatable bonds is 3. The maximum atomic E-state index is 11.7. The molecule has 2 saturated heterocycles. The van der Waals surface area contributed by atoms with E-state index in [4.69, 9.17) is 19.7 Å². The first-order chi connectivity index (χ1) is 15.3. The molecule has 0 aromatic rings. The lowest BCUT2D eigenvalue weighted by Crippen LogP contribution is -2.50. The van der Waals surface area contributed by atoms with Gasteiger partial charge in [0.05, 0.1) is 13.2 Å². The van der Waals surface area contributed by atoms with Crippen LogP contribution in [0.1, 0.15) is 41.5 Å². The molecule has 3 N–H and O–H groups in total. The molecule has 0 radical (unpaired) electrons. The van der Waals surface area contributed by atoms with Crippen molar-refractivity contribution in [3.63, 3.8) is 0 Å². The fraction of sp³-hybridized carbons (Fsp3) is 0.909. The van der Waals surface area contributed by atoms with Crippen LogP contribution in [0.4, 0.5) is 9.59 Å². The lowest BCUT2D eigenvalue weighted by molar-refractivity contribution is 0.0133. The summed E-state index contributed by atoms with van der Waals surface area (Å²) < 4.78 is 10.5. The smallest absolute Gasteiger partial charge is 0.410 e. The zero-order valence-electron chi connectivity index (χ0n) is 21.2. The number of amides is 2. The number of hydrogen-bond acceptors (Lipinski definition) is 8. The van der Waals surface area contributed by atoms with Gasteiger partial charge in [0.25, 0.3) is 0 Å². The minimum atomic E-state index is -0.431. The number of piperazine rings is 2. The molecule has 0 atom stereocenters. The summed E-state index contributed by atoms with van der Waals surface area (Å²) in [6.45, 7) is 18.5. The van der Waals surface area contributed by atoms with Crippen LogP contribution in [0.3, 0.4) is 0 Å². The monoisotopic (exact) mass is 540 g/mol. The molecule has 0 saturated carbocycles. The Morgan fingerprint density at radius 2 is 1.18 bits per heavy atom. The van der Waals surface area contributed by atoms with Gasteiger partial charge in [0.15, 0.2) is 0 Å². The number of hydrogen-bond donors (Lipinski definition) is 3. The molecule has 0 aromatic carbocycles. The number of ether oxygens (including phenoxy) is 2. The SMILES string of the molecule is CC(C)(C)OC(=O)N1CCN(CCO)CC1.CC(C)(C)OC(=O)N1CCNCC1.OCCBr. The van der Waals surface area contributed by atoms with E-state index in [1.165, 1.54) is 0 Å². The van der Waals surface area contributed by atoms with E-state index in [1.54, 1.807) is 9.80 Å². The van der Waals surface area contributed by atoms with Crippen molar-refractivity contribution in [1.82, 2.24) is 20.0 Å². The Bertz CT molecular complexity index is 538. The number of β-amino-alcohol motifs (C(OH)–C–C–N with tert-alkyl or cyclic N) is 1. The normalized spacial score (nSPS) is 17.2. The number of aliphatic hydroxyl groups is 2. The van der Waals surface area contributed by atoms with Gasteiger partial charge in [0.2, 0.25) is 0 Å². The predicted octanol–water partition coefficient (Wildman–Crippen LogP) is 1.73. The molecule has 2 aliphatic rings. The minimum absolute atomic E-state index is 0.173. The Morgan fingerprint density at radius 1 is 0.788 bits per heavy atom. The van der Waals surface area contributed by atoms with Gasteiger partial charge < -0.3 is 34.8 Å². The van der Waals surface area contributed by atoms with Crippen molar-refractivity contribution in [3.8, 4) is 0 Å². The molecule has 0 spiro atoms. The molecule has 2 fully saturated rings. The number of alkyl halides is 1. The van der Waals surface area contributed by atoms with Crippen molar-refractivity contribution < 1.29 is 29.3 Å². The molecule has 196 valence electrons. The summed E-state index contributed by atoms with van der Waals surface area (Å²) in [6, 6.07) is 0. The average Bonchev–Trinajstić information content (AvgIpc) is 2.73. The molecule has 33 heavy (non-hydrogen) atoms. The van der Waals surface area contributed by atoms with Crippen LogP contribution >= 0.6 is 15.9 Å². The van der Waals surface area contributed by atoms with Crippen molar-refractivity contribution in [2.24, 2.45) is 0 Å². The zero-order chi connectivity index (χ0) is 25.5. The number of halogens is 1. The highest BCUT2D eigenvalue weighted by atomic mass is 79.9. The van der Waals surface area contributed by atoms with Gasteiger partial charge in [-0.05, 0) is 41.5 Å². The quantitative estimate of drug-likeness (QED) is 0.463. The summed E-state index contributed by atoms with van der Waals surface area (Å²) in [5.74, 6) is 0.